The standard InChI is InChI=1S/C32H35F3O/c1-3-4-5-6-22-7-14-25(15-8-22)29-19-17-26(31(34)32(29)35)16-11-23-9-12-24(13-10-23)28-20-18-27(36-2)21-30(28)33/h7-8,11,14-21,23-24H,3-6,9-10,12-13H2,1-2H3/b16-11+. The zero-order valence-electron chi connectivity index (χ0n) is 21.2. The smallest absolute Gasteiger partial charge is 0.167 e. The second-order valence-electron chi connectivity index (χ2n) is 9.84. The van der Waals surface area contributed by atoms with E-state index in [2.05, 4.69) is 6.92 Å². The highest BCUT2D eigenvalue weighted by atomic mass is 19.2. The third-order valence-corrected chi connectivity index (χ3v) is 7.41. The monoisotopic (exact) mass is 492 g/mol. The lowest BCUT2D eigenvalue weighted by molar-refractivity contribution is 0.367. The van der Waals surface area contributed by atoms with Crippen LogP contribution in [-0.4, -0.2) is 7.11 Å². The maximum absolute atomic E-state index is 14.9. The molecule has 190 valence electrons. The van der Waals surface area contributed by atoms with E-state index in [-0.39, 0.29) is 28.8 Å². The van der Waals surface area contributed by atoms with E-state index >= 15 is 0 Å². The van der Waals surface area contributed by atoms with Gasteiger partial charge in [0.25, 0.3) is 0 Å². The highest BCUT2D eigenvalue weighted by molar-refractivity contribution is 5.67. The predicted octanol–water partition coefficient (Wildman–Crippen LogP) is 9.50. The van der Waals surface area contributed by atoms with Crippen molar-refractivity contribution < 1.29 is 17.9 Å². The molecule has 3 aromatic rings. The van der Waals surface area contributed by atoms with Crippen LogP contribution in [0.1, 0.15) is 74.5 Å². The van der Waals surface area contributed by atoms with Gasteiger partial charge in [-0.25, -0.2) is 13.2 Å². The molecule has 1 saturated carbocycles. The first kappa shape index (κ1) is 26.1. The van der Waals surface area contributed by atoms with Gasteiger partial charge in [-0.15, -0.1) is 0 Å². The SMILES string of the molecule is CCCCCc1ccc(-c2ccc(/C=C/C3CCC(c4ccc(OC)cc4F)CC3)c(F)c2F)cc1. The van der Waals surface area contributed by atoms with Crippen molar-refractivity contribution in [3.63, 3.8) is 0 Å². The van der Waals surface area contributed by atoms with Crippen LogP contribution in [0.2, 0.25) is 0 Å². The Hall–Kier alpha value is -3.01. The van der Waals surface area contributed by atoms with Crippen LogP contribution in [0.5, 0.6) is 5.75 Å². The van der Waals surface area contributed by atoms with E-state index in [1.165, 1.54) is 31.6 Å². The van der Waals surface area contributed by atoms with E-state index in [0.717, 1.165) is 44.1 Å². The number of allylic oxidation sites excluding steroid dienone is 1. The van der Waals surface area contributed by atoms with Gasteiger partial charge in [0.05, 0.1) is 7.11 Å². The van der Waals surface area contributed by atoms with Gasteiger partial charge < -0.3 is 4.74 Å². The number of methoxy groups -OCH3 is 1. The summed E-state index contributed by atoms with van der Waals surface area (Å²) in [5.74, 6) is -0.888. The summed E-state index contributed by atoms with van der Waals surface area (Å²) in [5, 5.41) is 0. The fraction of sp³-hybridized carbons (Fsp3) is 0.375. The predicted molar refractivity (Wildman–Crippen MR) is 142 cm³/mol. The van der Waals surface area contributed by atoms with Crippen molar-refractivity contribution >= 4 is 6.08 Å². The molecule has 36 heavy (non-hydrogen) atoms. The summed E-state index contributed by atoms with van der Waals surface area (Å²) in [4.78, 5) is 0. The summed E-state index contributed by atoms with van der Waals surface area (Å²) in [6, 6.07) is 16.1. The van der Waals surface area contributed by atoms with Crippen LogP contribution in [0.25, 0.3) is 17.2 Å². The van der Waals surface area contributed by atoms with Crippen molar-refractivity contribution in [2.75, 3.05) is 7.11 Å². The lowest BCUT2D eigenvalue weighted by Gasteiger charge is -2.27. The first-order valence-corrected chi connectivity index (χ1v) is 13.1. The molecule has 0 radical (unpaired) electrons. The van der Waals surface area contributed by atoms with Crippen LogP contribution in [-0.2, 0) is 6.42 Å². The maximum atomic E-state index is 14.9. The minimum absolute atomic E-state index is 0.173. The Bertz CT molecular complexity index is 1170. The first-order chi connectivity index (χ1) is 17.5. The highest BCUT2D eigenvalue weighted by Gasteiger charge is 2.23. The Morgan fingerprint density at radius 1 is 0.861 bits per heavy atom. The van der Waals surface area contributed by atoms with Crippen molar-refractivity contribution in [2.45, 2.75) is 64.2 Å². The van der Waals surface area contributed by atoms with Crippen LogP contribution in [0.15, 0.2) is 60.7 Å². The summed E-state index contributed by atoms with van der Waals surface area (Å²) in [6.45, 7) is 2.18. The largest absolute Gasteiger partial charge is 0.497 e. The quantitative estimate of drug-likeness (QED) is 0.270. The summed E-state index contributed by atoms with van der Waals surface area (Å²) in [6.07, 6.45) is 11.7. The first-order valence-electron chi connectivity index (χ1n) is 13.1. The van der Waals surface area contributed by atoms with Crippen LogP contribution in [0, 0.1) is 23.4 Å². The zero-order chi connectivity index (χ0) is 25.5. The van der Waals surface area contributed by atoms with E-state index < -0.39 is 11.6 Å². The van der Waals surface area contributed by atoms with E-state index in [1.54, 1.807) is 24.3 Å². The number of hydrogen-bond acceptors (Lipinski definition) is 1. The van der Waals surface area contributed by atoms with Gasteiger partial charge in [-0.05, 0) is 73.1 Å². The molecular formula is C32H35F3O. The zero-order valence-corrected chi connectivity index (χ0v) is 21.2. The molecule has 1 aliphatic carbocycles. The number of hydrogen-bond donors (Lipinski definition) is 0. The van der Waals surface area contributed by atoms with Gasteiger partial charge in [-0.2, -0.15) is 0 Å². The number of rotatable bonds is 9. The fourth-order valence-corrected chi connectivity index (χ4v) is 5.17. The Balaban J connectivity index is 1.38. The van der Waals surface area contributed by atoms with Gasteiger partial charge >= 0.3 is 0 Å². The van der Waals surface area contributed by atoms with Gasteiger partial charge in [0, 0.05) is 17.2 Å². The number of halogens is 3. The highest BCUT2D eigenvalue weighted by Crippen LogP contribution is 2.38. The molecule has 0 bridgehead atoms. The average molecular weight is 493 g/mol. The Morgan fingerprint density at radius 3 is 2.28 bits per heavy atom. The second-order valence-corrected chi connectivity index (χ2v) is 9.84. The molecule has 1 nitrogen and oxygen atoms in total. The third kappa shape index (κ3) is 6.21. The molecule has 0 aromatic heterocycles. The van der Waals surface area contributed by atoms with Crippen molar-refractivity contribution in [1.82, 2.24) is 0 Å². The Labute approximate surface area is 213 Å². The number of unbranched alkanes of at least 4 members (excludes halogenated alkanes) is 2. The molecule has 0 spiro atoms. The van der Waals surface area contributed by atoms with E-state index in [9.17, 15) is 13.2 Å². The number of ether oxygens (including phenoxy) is 1. The van der Waals surface area contributed by atoms with Gasteiger partial charge in [0.15, 0.2) is 11.6 Å². The summed E-state index contributed by atoms with van der Waals surface area (Å²) >= 11 is 0. The molecule has 0 atom stereocenters. The second kappa shape index (κ2) is 12.3. The van der Waals surface area contributed by atoms with Crippen LogP contribution in [0.3, 0.4) is 0 Å². The molecule has 4 heteroatoms. The van der Waals surface area contributed by atoms with Crippen LogP contribution >= 0.6 is 0 Å². The molecule has 1 aliphatic rings. The summed E-state index contributed by atoms with van der Waals surface area (Å²) < 4.78 is 49.4. The fourth-order valence-electron chi connectivity index (χ4n) is 5.17. The number of aryl methyl sites for hydroxylation is 1. The van der Waals surface area contributed by atoms with Gasteiger partial charge in [-0.1, -0.05) is 74.4 Å². The minimum Gasteiger partial charge on any atom is -0.497 e. The van der Waals surface area contributed by atoms with E-state index in [0.29, 0.717) is 11.3 Å². The molecule has 0 aliphatic heterocycles. The lowest BCUT2D eigenvalue weighted by atomic mass is 9.78. The molecule has 0 heterocycles. The van der Waals surface area contributed by atoms with Gasteiger partial charge in [0.1, 0.15) is 11.6 Å². The van der Waals surface area contributed by atoms with Crippen molar-refractivity contribution in [3.8, 4) is 16.9 Å². The van der Waals surface area contributed by atoms with Crippen molar-refractivity contribution in [3.05, 3.63) is 94.8 Å². The molecule has 0 unspecified atom stereocenters. The van der Waals surface area contributed by atoms with E-state index in [4.69, 9.17) is 4.74 Å². The molecule has 3 aromatic carbocycles. The third-order valence-electron chi connectivity index (χ3n) is 7.41. The topological polar surface area (TPSA) is 9.23 Å². The molecule has 4 rings (SSSR count). The normalized spacial score (nSPS) is 18.0. The van der Waals surface area contributed by atoms with Crippen molar-refractivity contribution in [2.24, 2.45) is 5.92 Å². The maximum Gasteiger partial charge on any atom is 0.167 e. The Morgan fingerprint density at radius 2 is 1.61 bits per heavy atom. The van der Waals surface area contributed by atoms with Crippen molar-refractivity contribution in [1.29, 1.82) is 0 Å². The van der Waals surface area contributed by atoms with Gasteiger partial charge in [0.2, 0.25) is 0 Å². The molecule has 0 N–H and O–H groups in total. The minimum atomic E-state index is -0.815. The molecule has 0 amide bonds. The van der Waals surface area contributed by atoms with Crippen LogP contribution < -0.4 is 4.74 Å². The Kier molecular flexibility index (Phi) is 8.90. The summed E-state index contributed by atoms with van der Waals surface area (Å²) in [5.41, 5.74) is 3.18. The molecular weight excluding hydrogens is 457 g/mol. The molecule has 0 saturated heterocycles. The summed E-state index contributed by atoms with van der Waals surface area (Å²) in [7, 11) is 1.53. The number of benzene rings is 3. The molecule has 1 fully saturated rings. The van der Waals surface area contributed by atoms with Gasteiger partial charge in [-0.3, -0.25) is 0 Å². The lowest BCUT2D eigenvalue weighted by Crippen LogP contribution is -2.13. The van der Waals surface area contributed by atoms with E-state index in [1.807, 2.05) is 36.4 Å². The average Bonchev–Trinajstić information content (AvgIpc) is 2.90. The van der Waals surface area contributed by atoms with Crippen LogP contribution in [0.4, 0.5) is 13.2 Å².